The van der Waals surface area contributed by atoms with Gasteiger partial charge >= 0.3 is 6.18 Å². The van der Waals surface area contributed by atoms with Gasteiger partial charge in [0.2, 0.25) is 0 Å². The summed E-state index contributed by atoms with van der Waals surface area (Å²) in [6.07, 6.45) is -1.50. The largest absolute Gasteiger partial charge is 0.416 e. The van der Waals surface area contributed by atoms with Crippen molar-refractivity contribution in [3.05, 3.63) is 58.9 Å². The number of hydrogen-bond acceptors (Lipinski definition) is 3. The third-order valence-electron chi connectivity index (χ3n) is 4.51. The first-order chi connectivity index (χ1) is 12.7. The molecule has 0 aliphatic rings. The maximum Gasteiger partial charge on any atom is 0.416 e. The van der Waals surface area contributed by atoms with Crippen LogP contribution in [0.3, 0.4) is 0 Å². The van der Waals surface area contributed by atoms with Crippen molar-refractivity contribution in [2.75, 3.05) is 6.26 Å². The molecule has 4 nitrogen and oxygen atoms in total. The second-order valence-corrected chi connectivity index (χ2v) is 7.51. The van der Waals surface area contributed by atoms with Crippen LogP contribution in [0.15, 0.2) is 41.4 Å². The molecular formula is C19H16F3N3OS. The number of fused-ring (bicyclic) bond motifs is 1. The first-order valence-electron chi connectivity index (χ1n) is 8.07. The van der Waals surface area contributed by atoms with Crippen molar-refractivity contribution in [1.82, 2.24) is 9.55 Å². The third-order valence-corrected chi connectivity index (χ3v) is 5.43. The van der Waals surface area contributed by atoms with E-state index in [2.05, 4.69) is 11.1 Å². The maximum atomic E-state index is 13.6. The molecule has 0 amide bonds. The molecule has 0 aliphatic heterocycles. The number of halogens is 3. The zero-order valence-corrected chi connectivity index (χ0v) is 15.5. The standard InChI is InChI=1S/C19H16F3N3OS/c1-12-15(7-8-23)16-4-3-9-24-18(16)25(12)11-13-5-6-14(27(2)26)10-17(13)19(20,21)22/h3-6,9-10H,7,11H2,1-2H3. The van der Waals surface area contributed by atoms with E-state index in [0.717, 1.165) is 17.0 Å². The summed E-state index contributed by atoms with van der Waals surface area (Å²) in [7, 11) is -1.51. The van der Waals surface area contributed by atoms with Gasteiger partial charge in [-0.05, 0) is 42.3 Å². The number of benzene rings is 1. The molecule has 3 rings (SSSR count). The molecule has 0 spiro atoms. The molecule has 27 heavy (non-hydrogen) atoms. The average Bonchev–Trinajstić information content (AvgIpc) is 2.87. The van der Waals surface area contributed by atoms with Crippen LogP contribution in [0.2, 0.25) is 0 Å². The molecule has 2 heterocycles. The first kappa shape index (κ1) is 19.1. The summed E-state index contributed by atoms with van der Waals surface area (Å²) in [5.41, 5.74) is 1.26. The fourth-order valence-electron chi connectivity index (χ4n) is 3.17. The molecule has 1 aromatic carbocycles. The van der Waals surface area contributed by atoms with E-state index >= 15 is 0 Å². The maximum absolute atomic E-state index is 13.6. The lowest BCUT2D eigenvalue weighted by molar-refractivity contribution is -0.138. The summed E-state index contributed by atoms with van der Waals surface area (Å²) in [5, 5.41) is 9.84. The SMILES string of the molecule is Cc1c(CC#N)c2cccnc2n1Cc1ccc(S(C)=O)cc1C(F)(F)F. The lowest BCUT2D eigenvalue weighted by Gasteiger charge is -2.16. The Morgan fingerprint density at radius 3 is 2.67 bits per heavy atom. The topological polar surface area (TPSA) is 58.7 Å². The van der Waals surface area contributed by atoms with Gasteiger partial charge in [-0.25, -0.2) is 4.98 Å². The van der Waals surface area contributed by atoms with Gasteiger partial charge in [-0.1, -0.05) is 6.07 Å². The smallest absolute Gasteiger partial charge is 0.325 e. The van der Waals surface area contributed by atoms with E-state index in [4.69, 9.17) is 5.26 Å². The van der Waals surface area contributed by atoms with E-state index in [-0.39, 0.29) is 23.4 Å². The van der Waals surface area contributed by atoms with E-state index < -0.39 is 22.5 Å². The van der Waals surface area contributed by atoms with E-state index in [1.165, 1.54) is 18.4 Å². The second-order valence-electron chi connectivity index (χ2n) is 6.13. The minimum atomic E-state index is -4.56. The monoisotopic (exact) mass is 391 g/mol. The molecule has 0 radical (unpaired) electrons. The molecule has 140 valence electrons. The normalized spacial score (nSPS) is 12.9. The van der Waals surface area contributed by atoms with Gasteiger partial charge < -0.3 is 4.57 Å². The van der Waals surface area contributed by atoms with Gasteiger partial charge in [0.1, 0.15) is 5.65 Å². The summed E-state index contributed by atoms with van der Waals surface area (Å²) in [5.74, 6) is 0. The Balaban J connectivity index is 2.18. The highest BCUT2D eigenvalue weighted by atomic mass is 32.2. The summed E-state index contributed by atoms with van der Waals surface area (Å²) in [4.78, 5) is 4.43. The minimum Gasteiger partial charge on any atom is -0.325 e. The highest BCUT2D eigenvalue weighted by Crippen LogP contribution is 2.35. The number of pyridine rings is 1. The fraction of sp³-hybridized carbons (Fsp3) is 0.263. The van der Waals surface area contributed by atoms with Crippen molar-refractivity contribution in [1.29, 1.82) is 5.26 Å². The Kier molecular flexibility index (Phi) is 5.07. The fourth-order valence-corrected chi connectivity index (χ4v) is 3.71. The number of alkyl halides is 3. The van der Waals surface area contributed by atoms with Gasteiger partial charge in [-0.2, -0.15) is 18.4 Å². The van der Waals surface area contributed by atoms with Gasteiger partial charge in [0.15, 0.2) is 0 Å². The molecule has 0 fully saturated rings. The number of aromatic nitrogens is 2. The second kappa shape index (κ2) is 7.16. The third kappa shape index (κ3) is 3.60. The number of nitriles is 1. The number of rotatable bonds is 4. The van der Waals surface area contributed by atoms with Crippen molar-refractivity contribution in [2.24, 2.45) is 0 Å². The Labute approximate surface area is 156 Å². The van der Waals surface area contributed by atoms with Crippen molar-refractivity contribution in [3.63, 3.8) is 0 Å². The molecule has 0 saturated carbocycles. The van der Waals surface area contributed by atoms with E-state index in [0.29, 0.717) is 11.3 Å². The van der Waals surface area contributed by atoms with Gasteiger partial charge in [0.05, 0.1) is 18.1 Å². The first-order valence-corrected chi connectivity index (χ1v) is 9.63. The molecule has 0 bridgehead atoms. The Bertz CT molecular complexity index is 1080. The van der Waals surface area contributed by atoms with Crippen LogP contribution in [0.4, 0.5) is 13.2 Å². The lowest BCUT2D eigenvalue weighted by atomic mass is 10.1. The van der Waals surface area contributed by atoms with Gasteiger partial charge in [-0.15, -0.1) is 0 Å². The van der Waals surface area contributed by atoms with Crippen molar-refractivity contribution >= 4 is 21.8 Å². The van der Waals surface area contributed by atoms with Crippen molar-refractivity contribution in [3.8, 4) is 6.07 Å². The van der Waals surface area contributed by atoms with Crippen LogP contribution < -0.4 is 0 Å². The summed E-state index contributed by atoms with van der Waals surface area (Å²) in [6.45, 7) is 1.73. The summed E-state index contributed by atoms with van der Waals surface area (Å²) >= 11 is 0. The summed E-state index contributed by atoms with van der Waals surface area (Å²) in [6, 6.07) is 9.39. The van der Waals surface area contributed by atoms with Crippen LogP contribution >= 0.6 is 0 Å². The Morgan fingerprint density at radius 1 is 1.30 bits per heavy atom. The van der Waals surface area contributed by atoms with Crippen LogP contribution in [0, 0.1) is 18.3 Å². The molecular weight excluding hydrogens is 375 g/mol. The zero-order chi connectivity index (χ0) is 19.8. The minimum absolute atomic E-state index is 0.0454. The average molecular weight is 391 g/mol. The summed E-state index contributed by atoms with van der Waals surface area (Å²) < 4.78 is 54.0. The van der Waals surface area contributed by atoms with Crippen LogP contribution in [-0.2, 0) is 29.9 Å². The molecule has 3 aromatic rings. The lowest BCUT2D eigenvalue weighted by Crippen LogP contribution is -2.13. The molecule has 0 aliphatic carbocycles. The zero-order valence-electron chi connectivity index (χ0n) is 14.7. The van der Waals surface area contributed by atoms with Crippen LogP contribution in [0.5, 0.6) is 0 Å². The van der Waals surface area contributed by atoms with Gasteiger partial charge in [0.25, 0.3) is 0 Å². The van der Waals surface area contributed by atoms with Gasteiger partial charge in [0, 0.05) is 45.8 Å². The van der Waals surface area contributed by atoms with Crippen LogP contribution in [0.1, 0.15) is 22.4 Å². The molecule has 8 heteroatoms. The highest BCUT2D eigenvalue weighted by molar-refractivity contribution is 7.84. The van der Waals surface area contributed by atoms with Crippen LogP contribution in [-0.4, -0.2) is 20.0 Å². The molecule has 0 N–H and O–H groups in total. The predicted molar refractivity (Wildman–Crippen MR) is 96.7 cm³/mol. The number of nitrogens with zero attached hydrogens (tertiary/aromatic N) is 3. The van der Waals surface area contributed by atoms with E-state index in [9.17, 15) is 17.4 Å². The Hall–Kier alpha value is -2.66. The highest BCUT2D eigenvalue weighted by Gasteiger charge is 2.34. The molecule has 1 atom stereocenters. The molecule has 0 saturated heterocycles. The molecule has 2 aromatic heterocycles. The predicted octanol–water partition coefficient (Wildman–Crippen LogP) is 4.22. The van der Waals surface area contributed by atoms with Crippen LogP contribution in [0.25, 0.3) is 11.0 Å². The van der Waals surface area contributed by atoms with E-state index in [1.807, 2.05) is 6.07 Å². The molecule has 1 unspecified atom stereocenters. The Morgan fingerprint density at radius 2 is 2.04 bits per heavy atom. The van der Waals surface area contributed by atoms with E-state index in [1.54, 1.807) is 23.8 Å². The quantitative estimate of drug-likeness (QED) is 0.669. The van der Waals surface area contributed by atoms with Crippen molar-refractivity contribution < 1.29 is 17.4 Å². The van der Waals surface area contributed by atoms with Gasteiger partial charge in [-0.3, -0.25) is 4.21 Å². The number of hydrogen-bond donors (Lipinski definition) is 0. The van der Waals surface area contributed by atoms with Crippen molar-refractivity contribution in [2.45, 2.75) is 31.0 Å².